The van der Waals surface area contributed by atoms with Crippen molar-refractivity contribution in [2.24, 2.45) is 0 Å². The van der Waals surface area contributed by atoms with Crippen LogP contribution in [0.1, 0.15) is 6.92 Å². The highest BCUT2D eigenvalue weighted by Gasteiger charge is 2.03. The van der Waals surface area contributed by atoms with Crippen molar-refractivity contribution in [2.75, 3.05) is 26.7 Å². The molecule has 0 aromatic heterocycles. The average Bonchev–Trinajstić information content (AvgIpc) is 2.07. The Morgan fingerprint density at radius 3 is 2.25 bits per heavy atom. The summed E-state index contributed by atoms with van der Waals surface area (Å²) >= 11 is 0. The lowest BCUT2D eigenvalue weighted by Gasteiger charge is -2.19. The first-order valence-corrected chi connectivity index (χ1v) is 3.71. The third kappa shape index (κ3) is 9.68. The molecule has 1 saturated heterocycles. The van der Waals surface area contributed by atoms with E-state index >= 15 is 0 Å². The Hall–Kier alpha value is -0.320. The molecule has 1 aliphatic heterocycles. The fourth-order valence-corrected chi connectivity index (χ4v) is 0.798. The van der Waals surface area contributed by atoms with Crippen LogP contribution in [0.2, 0.25) is 0 Å². The van der Waals surface area contributed by atoms with Crippen molar-refractivity contribution in [3.05, 3.63) is 0 Å². The number of methoxy groups -OCH3 is 1. The van der Waals surface area contributed by atoms with E-state index in [0.717, 1.165) is 19.6 Å². The SMILES string of the molecule is COC=O.C[C@H]1CNCCN1.Cl. The van der Waals surface area contributed by atoms with Gasteiger partial charge in [-0.1, -0.05) is 0 Å². The van der Waals surface area contributed by atoms with Gasteiger partial charge in [0.1, 0.15) is 0 Å². The van der Waals surface area contributed by atoms with Gasteiger partial charge in [-0.25, -0.2) is 0 Å². The van der Waals surface area contributed by atoms with E-state index in [4.69, 9.17) is 4.79 Å². The van der Waals surface area contributed by atoms with Gasteiger partial charge in [0.05, 0.1) is 7.11 Å². The van der Waals surface area contributed by atoms with Crippen LogP contribution in [-0.4, -0.2) is 39.3 Å². The summed E-state index contributed by atoms with van der Waals surface area (Å²) in [7, 11) is 1.31. The molecule has 1 atom stereocenters. The first-order chi connectivity index (χ1) is 5.31. The highest BCUT2D eigenvalue weighted by molar-refractivity contribution is 5.85. The Labute approximate surface area is 79.5 Å². The van der Waals surface area contributed by atoms with E-state index in [2.05, 4.69) is 22.3 Å². The Balaban J connectivity index is 0. The molecule has 1 heterocycles. The third-order valence-electron chi connectivity index (χ3n) is 1.34. The van der Waals surface area contributed by atoms with Gasteiger partial charge in [0, 0.05) is 25.7 Å². The fourth-order valence-electron chi connectivity index (χ4n) is 0.798. The lowest BCUT2D eigenvalue weighted by atomic mass is 10.3. The van der Waals surface area contributed by atoms with Crippen molar-refractivity contribution in [1.82, 2.24) is 10.6 Å². The molecule has 0 unspecified atom stereocenters. The summed E-state index contributed by atoms with van der Waals surface area (Å²) in [6.45, 7) is 5.94. The largest absolute Gasteiger partial charge is 0.471 e. The van der Waals surface area contributed by atoms with Crippen molar-refractivity contribution < 1.29 is 9.53 Å². The van der Waals surface area contributed by atoms with Gasteiger partial charge in [-0.3, -0.25) is 4.79 Å². The molecule has 74 valence electrons. The lowest BCUT2D eigenvalue weighted by Crippen LogP contribution is -2.46. The number of halogens is 1. The van der Waals surface area contributed by atoms with Gasteiger partial charge in [0.2, 0.25) is 0 Å². The molecule has 0 saturated carbocycles. The molecule has 1 rings (SSSR count). The second kappa shape index (κ2) is 10.7. The van der Waals surface area contributed by atoms with Gasteiger partial charge >= 0.3 is 0 Å². The number of hydrogen-bond acceptors (Lipinski definition) is 4. The van der Waals surface area contributed by atoms with Gasteiger partial charge in [0.25, 0.3) is 6.47 Å². The number of ether oxygens (including phenoxy) is 1. The number of piperazine rings is 1. The first-order valence-electron chi connectivity index (χ1n) is 3.71. The molecule has 0 aromatic carbocycles. The molecule has 5 heteroatoms. The molecule has 12 heavy (non-hydrogen) atoms. The van der Waals surface area contributed by atoms with E-state index in [9.17, 15) is 0 Å². The normalized spacial score (nSPS) is 21.0. The summed E-state index contributed by atoms with van der Waals surface area (Å²) in [5.74, 6) is 0. The number of nitrogens with one attached hydrogen (secondary N) is 2. The molecule has 2 N–H and O–H groups in total. The molecule has 4 nitrogen and oxygen atoms in total. The monoisotopic (exact) mass is 196 g/mol. The molecule has 0 aromatic rings. The van der Waals surface area contributed by atoms with Crippen LogP contribution in [0.15, 0.2) is 0 Å². The summed E-state index contributed by atoms with van der Waals surface area (Å²) < 4.78 is 3.86. The molecule has 0 radical (unpaired) electrons. The van der Waals surface area contributed by atoms with E-state index < -0.39 is 0 Å². The van der Waals surface area contributed by atoms with Crippen LogP contribution in [0, 0.1) is 0 Å². The topological polar surface area (TPSA) is 50.4 Å². The minimum atomic E-state index is 0. The second-order valence-corrected chi connectivity index (χ2v) is 2.39. The molecule has 0 aliphatic carbocycles. The highest BCUT2D eigenvalue weighted by atomic mass is 35.5. The molecule has 0 bridgehead atoms. The van der Waals surface area contributed by atoms with Crippen LogP contribution < -0.4 is 10.6 Å². The lowest BCUT2D eigenvalue weighted by molar-refractivity contribution is -0.126. The van der Waals surface area contributed by atoms with Crippen LogP contribution in [0.3, 0.4) is 0 Å². The van der Waals surface area contributed by atoms with Gasteiger partial charge in [-0.05, 0) is 6.92 Å². The van der Waals surface area contributed by atoms with Gasteiger partial charge in [-0.2, -0.15) is 0 Å². The molecule has 0 spiro atoms. The number of rotatable bonds is 1. The van der Waals surface area contributed by atoms with E-state index in [0.29, 0.717) is 12.5 Å². The molecular weight excluding hydrogens is 180 g/mol. The van der Waals surface area contributed by atoms with Crippen molar-refractivity contribution in [3.8, 4) is 0 Å². The van der Waals surface area contributed by atoms with Crippen molar-refractivity contribution in [3.63, 3.8) is 0 Å². The number of carbonyl (C=O) groups excluding carboxylic acids is 1. The summed E-state index contributed by atoms with van der Waals surface area (Å²) in [6, 6.07) is 0.675. The Bertz CT molecular complexity index is 97.4. The van der Waals surface area contributed by atoms with Gasteiger partial charge < -0.3 is 15.4 Å². The Morgan fingerprint density at radius 1 is 1.50 bits per heavy atom. The van der Waals surface area contributed by atoms with Crippen molar-refractivity contribution in [2.45, 2.75) is 13.0 Å². The minimum absolute atomic E-state index is 0. The maximum Gasteiger partial charge on any atom is 0.292 e. The van der Waals surface area contributed by atoms with Crippen LogP contribution >= 0.6 is 12.4 Å². The van der Waals surface area contributed by atoms with Crippen molar-refractivity contribution in [1.29, 1.82) is 0 Å². The van der Waals surface area contributed by atoms with Crippen LogP contribution in [0.25, 0.3) is 0 Å². The standard InChI is InChI=1S/C5H12N2.C2H4O2.ClH/c1-5-4-6-2-3-7-5;1-4-2-3;/h5-7H,2-4H2,1H3;2H,1H3;1H/t5-;;/m0../s1. The second-order valence-electron chi connectivity index (χ2n) is 2.39. The van der Waals surface area contributed by atoms with Crippen molar-refractivity contribution >= 4 is 18.9 Å². The van der Waals surface area contributed by atoms with Gasteiger partial charge in [-0.15, -0.1) is 12.4 Å². The predicted octanol–water partition coefficient (Wildman–Crippen LogP) is -0.221. The predicted molar refractivity (Wildman–Crippen MR) is 50.7 cm³/mol. The molecule has 1 fully saturated rings. The Morgan fingerprint density at radius 2 is 2.08 bits per heavy atom. The highest BCUT2D eigenvalue weighted by Crippen LogP contribution is 1.80. The van der Waals surface area contributed by atoms with Crippen LogP contribution in [-0.2, 0) is 9.53 Å². The zero-order valence-electron chi connectivity index (χ0n) is 7.50. The summed E-state index contributed by atoms with van der Waals surface area (Å²) in [5.41, 5.74) is 0. The van der Waals surface area contributed by atoms with E-state index in [1.54, 1.807) is 0 Å². The number of carbonyl (C=O) groups is 1. The third-order valence-corrected chi connectivity index (χ3v) is 1.34. The van der Waals surface area contributed by atoms with E-state index in [1.165, 1.54) is 7.11 Å². The number of hydrogen-bond donors (Lipinski definition) is 2. The maximum absolute atomic E-state index is 8.95. The summed E-state index contributed by atoms with van der Waals surface area (Å²) in [6.07, 6.45) is 0. The van der Waals surface area contributed by atoms with Crippen LogP contribution in [0.5, 0.6) is 0 Å². The minimum Gasteiger partial charge on any atom is -0.471 e. The molecule has 0 amide bonds. The zero-order valence-corrected chi connectivity index (χ0v) is 8.32. The van der Waals surface area contributed by atoms with Gasteiger partial charge in [0.15, 0.2) is 0 Å². The maximum atomic E-state index is 8.95. The molecule has 1 aliphatic rings. The van der Waals surface area contributed by atoms with E-state index in [1.807, 2.05) is 0 Å². The zero-order chi connectivity index (χ0) is 8.53. The molecular formula is C7H17ClN2O2. The smallest absolute Gasteiger partial charge is 0.292 e. The summed E-state index contributed by atoms with van der Waals surface area (Å²) in [5, 5.41) is 6.59. The Kier molecular flexibility index (Phi) is 12.7. The first kappa shape index (κ1) is 14.2. The van der Waals surface area contributed by atoms with Crippen LogP contribution in [0.4, 0.5) is 0 Å². The van der Waals surface area contributed by atoms with E-state index in [-0.39, 0.29) is 12.4 Å². The quantitative estimate of drug-likeness (QED) is 0.570. The fraction of sp³-hybridized carbons (Fsp3) is 0.857. The summed E-state index contributed by atoms with van der Waals surface area (Å²) in [4.78, 5) is 8.95. The average molecular weight is 197 g/mol.